The molecule has 1 N–H and O–H groups in total. The van der Waals surface area contributed by atoms with Gasteiger partial charge in [-0.25, -0.2) is 0 Å². The van der Waals surface area contributed by atoms with Crippen LogP contribution in [-0.2, 0) is 4.74 Å². The SMILES string of the molecule is CCO[C@@H]1C[C@@H](c2ccncc2)CCN1. The second-order valence-corrected chi connectivity index (χ2v) is 3.90. The lowest BCUT2D eigenvalue weighted by molar-refractivity contribution is 0.0144. The molecule has 1 aliphatic rings. The fourth-order valence-corrected chi connectivity index (χ4v) is 2.14. The first-order valence-corrected chi connectivity index (χ1v) is 5.65. The fourth-order valence-electron chi connectivity index (χ4n) is 2.14. The van der Waals surface area contributed by atoms with Crippen LogP contribution in [0.15, 0.2) is 24.5 Å². The van der Waals surface area contributed by atoms with Gasteiger partial charge in [0.05, 0.1) is 0 Å². The lowest BCUT2D eigenvalue weighted by Crippen LogP contribution is -2.39. The maximum Gasteiger partial charge on any atom is 0.108 e. The molecule has 15 heavy (non-hydrogen) atoms. The van der Waals surface area contributed by atoms with Crippen LogP contribution < -0.4 is 5.32 Å². The summed E-state index contributed by atoms with van der Waals surface area (Å²) in [5, 5.41) is 3.38. The van der Waals surface area contributed by atoms with Crippen LogP contribution in [0.4, 0.5) is 0 Å². The van der Waals surface area contributed by atoms with E-state index in [0.717, 1.165) is 19.6 Å². The minimum Gasteiger partial charge on any atom is -0.364 e. The van der Waals surface area contributed by atoms with Crippen LogP contribution in [0.1, 0.15) is 31.2 Å². The summed E-state index contributed by atoms with van der Waals surface area (Å²) in [6.07, 6.45) is 6.22. The van der Waals surface area contributed by atoms with Crippen molar-refractivity contribution in [3.05, 3.63) is 30.1 Å². The Morgan fingerprint density at radius 1 is 1.47 bits per heavy atom. The molecule has 0 aromatic carbocycles. The van der Waals surface area contributed by atoms with Crippen molar-refractivity contribution in [1.82, 2.24) is 10.3 Å². The van der Waals surface area contributed by atoms with Gasteiger partial charge in [0.15, 0.2) is 0 Å². The second-order valence-electron chi connectivity index (χ2n) is 3.90. The third kappa shape index (κ3) is 2.76. The molecule has 82 valence electrons. The summed E-state index contributed by atoms with van der Waals surface area (Å²) in [6.45, 7) is 3.86. The van der Waals surface area contributed by atoms with Gasteiger partial charge in [0.1, 0.15) is 6.23 Å². The quantitative estimate of drug-likeness (QED) is 0.820. The number of nitrogens with one attached hydrogen (secondary N) is 1. The molecular formula is C12H18N2O. The van der Waals surface area contributed by atoms with Crippen LogP contribution >= 0.6 is 0 Å². The number of nitrogens with zero attached hydrogens (tertiary/aromatic N) is 1. The molecule has 1 aliphatic heterocycles. The number of hydrogen-bond acceptors (Lipinski definition) is 3. The zero-order chi connectivity index (χ0) is 10.5. The molecule has 3 nitrogen and oxygen atoms in total. The number of rotatable bonds is 3. The maximum atomic E-state index is 5.61. The normalized spacial score (nSPS) is 26.5. The van der Waals surface area contributed by atoms with Crippen molar-refractivity contribution in [1.29, 1.82) is 0 Å². The molecule has 0 bridgehead atoms. The Morgan fingerprint density at radius 2 is 2.27 bits per heavy atom. The highest BCUT2D eigenvalue weighted by atomic mass is 16.5. The summed E-state index contributed by atoms with van der Waals surface area (Å²) in [4.78, 5) is 4.05. The van der Waals surface area contributed by atoms with Crippen LogP contribution in [-0.4, -0.2) is 24.4 Å². The molecule has 3 heteroatoms. The molecule has 0 aliphatic carbocycles. The van der Waals surface area contributed by atoms with Crippen LogP contribution in [0.5, 0.6) is 0 Å². The predicted octanol–water partition coefficient (Wildman–Crippen LogP) is 1.91. The third-order valence-electron chi connectivity index (χ3n) is 2.91. The second kappa shape index (κ2) is 5.24. The van der Waals surface area contributed by atoms with Crippen LogP contribution in [0.25, 0.3) is 0 Å². The number of hydrogen-bond donors (Lipinski definition) is 1. The first-order valence-electron chi connectivity index (χ1n) is 5.65. The Kier molecular flexibility index (Phi) is 3.69. The molecule has 1 fully saturated rings. The smallest absolute Gasteiger partial charge is 0.108 e. The summed E-state index contributed by atoms with van der Waals surface area (Å²) in [7, 11) is 0. The number of pyridine rings is 1. The molecule has 1 aromatic heterocycles. The van der Waals surface area contributed by atoms with Crippen molar-refractivity contribution in [2.45, 2.75) is 31.9 Å². The Morgan fingerprint density at radius 3 is 3.00 bits per heavy atom. The molecular weight excluding hydrogens is 188 g/mol. The monoisotopic (exact) mass is 206 g/mol. The van der Waals surface area contributed by atoms with E-state index in [4.69, 9.17) is 4.74 Å². The van der Waals surface area contributed by atoms with E-state index >= 15 is 0 Å². The Labute approximate surface area is 90.9 Å². The Bertz CT molecular complexity index is 287. The molecule has 0 amide bonds. The number of piperidine rings is 1. The lowest BCUT2D eigenvalue weighted by atomic mass is 9.90. The van der Waals surface area contributed by atoms with Crippen molar-refractivity contribution >= 4 is 0 Å². The largest absolute Gasteiger partial charge is 0.364 e. The topological polar surface area (TPSA) is 34.1 Å². The average Bonchev–Trinajstić information content (AvgIpc) is 2.31. The van der Waals surface area contributed by atoms with Gasteiger partial charge in [-0.3, -0.25) is 10.3 Å². The van der Waals surface area contributed by atoms with Crippen molar-refractivity contribution in [3.8, 4) is 0 Å². The number of ether oxygens (including phenoxy) is 1. The van der Waals surface area contributed by atoms with Gasteiger partial charge in [-0.15, -0.1) is 0 Å². The van der Waals surface area contributed by atoms with Crippen molar-refractivity contribution < 1.29 is 4.74 Å². The highest BCUT2D eigenvalue weighted by Gasteiger charge is 2.22. The highest BCUT2D eigenvalue weighted by Crippen LogP contribution is 2.27. The zero-order valence-corrected chi connectivity index (χ0v) is 9.15. The summed E-state index contributed by atoms with van der Waals surface area (Å²) < 4.78 is 5.61. The maximum absolute atomic E-state index is 5.61. The summed E-state index contributed by atoms with van der Waals surface area (Å²) >= 11 is 0. The molecule has 0 radical (unpaired) electrons. The van der Waals surface area contributed by atoms with Gasteiger partial charge < -0.3 is 4.74 Å². The van der Waals surface area contributed by atoms with Crippen LogP contribution in [0.3, 0.4) is 0 Å². The van der Waals surface area contributed by atoms with E-state index in [0.29, 0.717) is 5.92 Å². The average molecular weight is 206 g/mol. The molecule has 2 heterocycles. The zero-order valence-electron chi connectivity index (χ0n) is 9.15. The van der Waals surface area contributed by atoms with E-state index < -0.39 is 0 Å². The van der Waals surface area contributed by atoms with Gasteiger partial charge in [0.25, 0.3) is 0 Å². The minimum atomic E-state index is 0.224. The van der Waals surface area contributed by atoms with Gasteiger partial charge in [0, 0.05) is 19.0 Å². The van der Waals surface area contributed by atoms with Gasteiger partial charge in [-0.2, -0.15) is 0 Å². The molecule has 2 atom stereocenters. The highest BCUT2D eigenvalue weighted by molar-refractivity contribution is 5.16. The molecule has 0 unspecified atom stereocenters. The van der Waals surface area contributed by atoms with Crippen LogP contribution in [0, 0.1) is 0 Å². The molecule has 0 spiro atoms. The van der Waals surface area contributed by atoms with Crippen molar-refractivity contribution in [3.63, 3.8) is 0 Å². The van der Waals surface area contributed by atoms with Gasteiger partial charge in [0.2, 0.25) is 0 Å². The van der Waals surface area contributed by atoms with E-state index in [1.807, 2.05) is 19.3 Å². The fraction of sp³-hybridized carbons (Fsp3) is 0.583. The molecule has 1 saturated heterocycles. The van der Waals surface area contributed by atoms with Gasteiger partial charge in [-0.1, -0.05) is 0 Å². The summed E-state index contributed by atoms with van der Waals surface area (Å²) in [5.41, 5.74) is 1.39. The van der Waals surface area contributed by atoms with E-state index in [1.165, 1.54) is 12.0 Å². The summed E-state index contributed by atoms with van der Waals surface area (Å²) in [5.74, 6) is 0.616. The van der Waals surface area contributed by atoms with Gasteiger partial charge >= 0.3 is 0 Å². The number of aromatic nitrogens is 1. The Balaban J connectivity index is 1.98. The van der Waals surface area contributed by atoms with E-state index in [-0.39, 0.29) is 6.23 Å². The molecule has 2 rings (SSSR count). The Hall–Kier alpha value is -0.930. The first kappa shape index (κ1) is 10.6. The molecule has 1 aromatic rings. The van der Waals surface area contributed by atoms with Crippen LogP contribution in [0.2, 0.25) is 0 Å². The van der Waals surface area contributed by atoms with Crippen molar-refractivity contribution in [2.24, 2.45) is 0 Å². The van der Waals surface area contributed by atoms with E-state index in [1.54, 1.807) is 0 Å². The third-order valence-corrected chi connectivity index (χ3v) is 2.91. The van der Waals surface area contributed by atoms with E-state index in [9.17, 15) is 0 Å². The molecule has 0 saturated carbocycles. The summed E-state index contributed by atoms with van der Waals surface area (Å²) in [6, 6.07) is 4.22. The lowest BCUT2D eigenvalue weighted by Gasteiger charge is -2.30. The minimum absolute atomic E-state index is 0.224. The standard InChI is InChI=1S/C12H18N2O/c1-2-15-12-9-11(5-8-14-12)10-3-6-13-7-4-10/h3-4,6-7,11-12,14H,2,5,8-9H2,1H3/t11-,12+/m0/s1. The van der Waals surface area contributed by atoms with Gasteiger partial charge in [-0.05, 0) is 49.9 Å². The van der Waals surface area contributed by atoms with E-state index in [2.05, 4.69) is 22.4 Å². The first-order chi connectivity index (χ1) is 7.40. The predicted molar refractivity (Wildman–Crippen MR) is 59.6 cm³/mol. The van der Waals surface area contributed by atoms with Crippen molar-refractivity contribution in [2.75, 3.05) is 13.2 Å².